The molecule has 0 saturated carbocycles. The first-order valence-electron chi connectivity index (χ1n) is 5.53. The molecular formula is C14H11Br2NO2. The SMILES string of the molecule is COc1ccc(C(=O)c2ncc(Br)cc2Br)c(C)c1. The number of aryl methyl sites for hydroxylation is 1. The Labute approximate surface area is 128 Å². The highest BCUT2D eigenvalue weighted by molar-refractivity contribution is 9.11. The van der Waals surface area contributed by atoms with Crippen molar-refractivity contribution >= 4 is 37.6 Å². The molecule has 1 heterocycles. The molecule has 0 atom stereocenters. The summed E-state index contributed by atoms with van der Waals surface area (Å²) in [6.07, 6.45) is 1.61. The summed E-state index contributed by atoms with van der Waals surface area (Å²) in [4.78, 5) is 16.6. The van der Waals surface area contributed by atoms with E-state index in [2.05, 4.69) is 36.8 Å². The van der Waals surface area contributed by atoms with E-state index in [4.69, 9.17) is 4.74 Å². The molecule has 0 radical (unpaired) electrons. The zero-order valence-electron chi connectivity index (χ0n) is 10.4. The molecule has 0 saturated heterocycles. The summed E-state index contributed by atoms with van der Waals surface area (Å²) in [6.45, 7) is 1.88. The van der Waals surface area contributed by atoms with Crippen molar-refractivity contribution in [2.75, 3.05) is 7.11 Å². The van der Waals surface area contributed by atoms with E-state index >= 15 is 0 Å². The number of pyridine rings is 1. The van der Waals surface area contributed by atoms with Gasteiger partial charge in [-0.15, -0.1) is 0 Å². The largest absolute Gasteiger partial charge is 0.497 e. The molecule has 0 unspecified atom stereocenters. The molecule has 0 fully saturated rings. The highest BCUT2D eigenvalue weighted by atomic mass is 79.9. The van der Waals surface area contributed by atoms with Crippen LogP contribution in [0.3, 0.4) is 0 Å². The van der Waals surface area contributed by atoms with Gasteiger partial charge in [-0.1, -0.05) is 0 Å². The van der Waals surface area contributed by atoms with Gasteiger partial charge in [0, 0.05) is 20.7 Å². The normalized spacial score (nSPS) is 10.3. The van der Waals surface area contributed by atoms with Crippen LogP contribution in [0.2, 0.25) is 0 Å². The van der Waals surface area contributed by atoms with Crippen LogP contribution < -0.4 is 4.74 Å². The summed E-state index contributed by atoms with van der Waals surface area (Å²) in [6, 6.07) is 7.17. The maximum absolute atomic E-state index is 12.5. The van der Waals surface area contributed by atoms with Crippen molar-refractivity contribution < 1.29 is 9.53 Å². The molecule has 0 N–H and O–H groups in total. The fourth-order valence-electron chi connectivity index (χ4n) is 1.73. The van der Waals surface area contributed by atoms with Gasteiger partial charge in [0.15, 0.2) is 0 Å². The summed E-state index contributed by atoms with van der Waals surface area (Å²) < 4.78 is 6.62. The lowest BCUT2D eigenvalue weighted by atomic mass is 10.0. The molecule has 1 aromatic heterocycles. The first kappa shape index (κ1) is 14.2. The van der Waals surface area contributed by atoms with Crippen LogP contribution in [0.4, 0.5) is 0 Å². The monoisotopic (exact) mass is 383 g/mol. The Morgan fingerprint density at radius 3 is 2.58 bits per heavy atom. The van der Waals surface area contributed by atoms with Crippen LogP contribution in [0.1, 0.15) is 21.6 Å². The van der Waals surface area contributed by atoms with E-state index in [1.807, 2.05) is 13.0 Å². The second kappa shape index (κ2) is 5.84. The molecule has 3 nitrogen and oxygen atoms in total. The second-order valence-electron chi connectivity index (χ2n) is 3.99. The van der Waals surface area contributed by atoms with Gasteiger partial charge >= 0.3 is 0 Å². The van der Waals surface area contributed by atoms with Crippen LogP contribution in [0, 0.1) is 6.92 Å². The average Bonchev–Trinajstić information content (AvgIpc) is 2.37. The van der Waals surface area contributed by atoms with Crippen LogP contribution in [0.5, 0.6) is 5.75 Å². The van der Waals surface area contributed by atoms with E-state index in [1.165, 1.54) is 0 Å². The lowest BCUT2D eigenvalue weighted by Crippen LogP contribution is -2.07. The quantitative estimate of drug-likeness (QED) is 0.746. The van der Waals surface area contributed by atoms with E-state index < -0.39 is 0 Å². The standard InChI is InChI=1S/C14H11Br2NO2/c1-8-5-10(19-2)3-4-11(8)14(18)13-12(16)6-9(15)7-17-13/h3-7H,1-2H3. The summed E-state index contributed by atoms with van der Waals surface area (Å²) in [5.41, 5.74) is 1.88. The molecule has 2 aromatic rings. The summed E-state index contributed by atoms with van der Waals surface area (Å²) in [5.74, 6) is 0.622. The number of halogens is 2. The van der Waals surface area contributed by atoms with E-state index in [-0.39, 0.29) is 5.78 Å². The van der Waals surface area contributed by atoms with Crippen LogP contribution in [0.15, 0.2) is 39.4 Å². The molecule has 0 bridgehead atoms. The van der Waals surface area contributed by atoms with E-state index in [9.17, 15) is 4.79 Å². The average molecular weight is 385 g/mol. The number of carbonyl (C=O) groups excluding carboxylic acids is 1. The third kappa shape index (κ3) is 3.04. The Kier molecular flexibility index (Phi) is 4.37. The number of ketones is 1. The zero-order valence-corrected chi connectivity index (χ0v) is 13.6. The first-order valence-corrected chi connectivity index (χ1v) is 7.12. The lowest BCUT2D eigenvalue weighted by molar-refractivity contribution is 0.103. The van der Waals surface area contributed by atoms with Gasteiger partial charge in [-0.3, -0.25) is 9.78 Å². The van der Waals surface area contributed by atoms with Crippen LogP contribution in [0.25, 0.3) is 0 Å². The smallest absolute Gasteiger partial charge is 0.212 e. The predicted molar refractivity (Wildman–Crippen MR) is 80.8 cm³/mol. The number of hydrogen-bond donors (Lipinski definition) is 0. The Morgan fingerprint density at radius 2 is 2.00 bits per heavy atom. The Bertz CT molecular complexity index is 641. The van der Waals surface area contributed by atoms with Gasteiger partial charge in [-0.2, -0.15) is 0 Å². The Hall–Kier alpha value is -1.20. The Morgan fingerprint density at radius 1 is 1.26 bits per heavy atom. The van der Waals surface area contributed by atoms with Crippen LogP contribution >= 0.6 is 31.9 Å². The summed E-state index contributed by atoms with van der Waals surface area (Å²) in [5, 5.41) is 0. The second-order valence-corrected chi connectivity index (χ2v) is 5.76. The number of nitrogens with zero attached hydrogens (tertiary/aromatic N) is 1. The molecule has 98 valence electrons. The highest BCUT2D eigenvalue weighted by Crippen LogP contribution is 2.24. The maximum atomic E-state index is 12.5. The van der Waals surface area contributed by atoms with Crippen LogP contribution in [-0.2, 0) is 0 Å². The third-order valence-corrected chi connectivity index (χ3v) is 3.74. The van der Waals surface area contributed by atoms with E-state index in [0.717, 1.165) is 15.8 Å². The van der Waals surface area contributed by atoms with Crippen molar-refractivity contribution in [3.05, 3.63) is 56.2 Å². The lowest BCUT2D eigenvalue weighted by Gasteiger charge is -2.08. The fourth-order valence-corrected chi connectivity index (χ4v) is 2.89. The number of carbonyl (C=O) groups is 1. The minimum atomic E-state index is -0.112. The molecule has 0 spiro atoms. The number of ether oxygens (including phenoxy) is 1. The Balaban J connectivity index is 2.44. The molecule has 0 aliphatic heterocycles. The number of methoxy groups -OCH3 is 1. The van der Waals surface area contributed by atoms with Gasteiger partial charge in [0.2, 0.25) is 5.78 Å². The van der Waals surface area contributed by atoms with Crippen molar-refractivity contribution in [3.63, 3.8) is 0 Å². The molecule has 0 aliphatic carbocycles. The fraction of sp³-hybridized carbons (Fsp3) is 0.143. The van der Waals surface area contributed by atoms with Gasteiger partial charge in [0.1, 0.15) is 11.4 Å². The highest BCUT2D eigenvalue weighted by Gasteiger charge is 2.16. The molecule has 19 heavy (non-hydrogen) atoms. The van der Waals surface area contributed by atoms with Gasteiger partial charge in [0.25, 0.3) is 0 Å². The van der Waals surface area contributed by atoms with Crippen molar-refractivity contribution in [2.45, 2.75) is 6.92 Å². The number of benzene rings is 1. The molecule has 0 amide bonds. The third-order valence-electron chi connectivity index (χ3n) is 2.70. The number of aromatic nitrogens is 1. The number of rotatable bonds is 3. The van der Waals surface area contributed by atoms with Crippen LogP contribution in [-0.4, -0.2) is 17.9 Å². The topological polar surface area (TPSA) is 39.2 Å². The van der Waals surface area contributed by atoms with Crippen molar-refractivity contribution in [1.29, 1.82) is 0 Å². The van der Waals surface area contributed by atoms with Crippen molar-refractivity contribution in [2.24, 2.45) is 0 Å². The van der Waals surface area contributed by atoms with E-state index in [1.54, 1.807) is 31.5 Å². The zero-order chi connectivity index (χ0) is 14.0. The van der Waals surface area contributed by atoms with Gasteiger partial charge in [0.05, 0.1) is 7.11 Å². The molecule has 2 rings (SSSR count). The molecular weight excluding hydrogens is 374 g/mol. The predicted octanol–water partition coefficient (Wildman–Crippen LogP) is 4.15. The van der Waals surface area contributed by atoms with Crippen molar-refractivity contribution in [3.8, 4) is 5.75 Å². The molecule has 1 aromatic carbocycles. The van der Waals surface area contributed by atoms with E-state index in [0.29, 0.717) is 15.7 Å². The first-order chi connectivity index (χ1) is 9.02. The van der Waals surface area contributed by atoms with Gasteiger partial charge < -0.3 is 4.74 Å². The number of hydrogen-bond acceptors (Lipinski definition) is 3. The minimum Gasteiger partial charge on any atom is -0.497 e. The van der Waals surface area contributed by atoms with Gasteiger partial charge in [-0.25, -0.2) is 0 Å². The molecule has 5 heteroatoms. The minimum absolute atomic E-state index is 0.112. The summed E-state index contributed by atoms with van der Waals surface area (Å²) >= 11 is 6.67. The van der Waals surface area contributed by atoms with Gasteiger partial charge in [-0.05, 0) is 68.6 Å². The van der Waals surface area contributed by atoms with Crippen molar-refractivity contribution in [1.82, 2.24) is 4.98 Å². The maximum Gasteiger partial charge on any atom is 0.212 e. The summed E-state index contributed by atoms with van der Waals surface area (Å²) in [7, 11) is 1.60. The molecule has 0 aliphatic rings.